The lowest BCUT2D eigenvalue weighted by Crippen LogP contribution is -2.07. The van der Waals surface area contributed by atoms with Crippen molar-refractivity contribution in [3.8, 4) is 0 Å². The lowest BCUT2D eigenvalue weighted by atomic mass is 10.2. The minimum absolute atomic E-state index is 0.0656. The van der Waals surface area contributed by atoms with E-state index in [1.54, 1.807) is 23.1 Å². The van der Waals surface area contributed by atoms with Gasteiger partial charge in [-0.1, -0.05) is 56.0 Å². The van der Waals surface area contributed by atoms with Crippen molar-refractivity contribution in [1.82, 2.24) is 20.3 Å². The average molecular weight is 327 g/mol. The lowest BCUT2D eigenvalue weighted by Gasteiger charge is -2.04. The van der Waals surface area contributed by atoms with Crippen LogP contribution in [0.25, 0.3) is 0 Å². The van der Waals surface area contributed by atoms with Gasteiger partial charge in [0.05, 0.1) is 5.25 Å². The molecule has 2 aromatic rings. The number of thioether (sulfide) groups is 1. The fourth-order valence-corrected chi connectivity index (χ4v) is 3.40. The average Bonchev–Trinajstić information content (AvgIpc) is 3.05. The van der Waals surface area contributed by atoms with E-state index in [0.717, 1.165) is 21.8 Å². The molecule has 2 heterocycles. The number of rotatable bonds is 7. The Bertz CT molecular complexity index is 566. The maximum Gasteiger partial charge on any atom is 0.239 e. The van der Waals surface area contributed by atoms with Crippen LogP contribution in [0.3, 0.4) is 0 Å². The standard InChI is InChI=1S/C13H21N5OS2/c1-7(2)6-14-12-16-17-13(21-12)20-9(5)11-15-10(8(3)4)18-19-11/h7-9H,6H2,1-5H3,(H,14,16). The van der Waals surface area contributed by atoms with Crippen LogP contribution in [-0.2, 0) is 0 Å². The van der Waals surface area contributed by atoms with Gasteiger partial charge in [-0.05, 0) is 12.8 Å². The van der Waals surface area contributed by atoms with Crippen LogP contribution in [-0.4, -0.2) is 26.9 Å². The summed E-state index contributed by atoms with van der Waals surface area (Å²) in [6.07, 6.45) is 0. The van der Waals surface area contributed by atoms with Crippen LogP contribution >= 0.6 is 23.1 Å². The molecule has 2 rings (SSSR count). The molecule has 1 N–H and O–H groups in total. The van der Waals surface area contributed by atoms with Gasteiger partial charge in [0.2, 0.25) is 11.0 Å². The van der Waals surface area contributed by atoms with Crippen LogP contribution < -0.4 is 5.32 Å². The van der Waals surface area contributed by atoms with Crippen molar-refractivity contribution in [1.29, 1.82) is 0 Å². The zero-order valence-corrected chi connectivity index (χ0v) is 14.6. The van der Waals surface area contributed by atoms with Crippen molar-refractivity contribution in [3.05, 3.63) is 11.7 Å². The summed E-state index contributed by atoms with van der Waals surface area (Å²) in [5.74, 6) is 2.23. The normalized spacial score (nSPS) is 13.1. The Morgan fingerprint density at radius 2 is 1.95 bits per heavy atom. The van der Waals surface area contributed by atoms with E-state index < -0.39 is 0 Å². The molecule has 0 spiro atoms. The molecular weight excluding hydrogens is 306 g/mol. The van der Waals surface area contributed by atoms with Gasteiger partial charge in [0.25, 0.3) is 0 Å². The van der Waals surface area contributed by atoms with Crippen molar-refractivity contribution in [3.63, 3.8) is 0 Å². The maximum absolute atomic E-state index is 5.30. The molecule has 116 valence electrons. The Kier molecular flexibility index (Phi) is 5.58. The van der Waals surface area contributed by atoms with Gasteiger partial charge < -0.3 is 9.84 Å². The van der Waals surface area contributed by atoms with E-state index >= 15 is 0 Å². The third-order valence-corrected chi connectivity index (χ3v) is 4.72. The third-order valence-electron chi connectivity index (χ3n) is 2.67. The molecule has 0 amide bonds. The molecule has 0 radical (unpaired) electrons. The molecule has 0 bridgehead atoms. The summed E-state index contributed by atoms with van der Waals surface area (Å²) in [4.78, 5) is 4.41. The molecule has 0 saturated heterocycles. The van der Waals surface area contributed by atoms with Crippen LogP contribution in [0.5, 0.6) is 0 Å². The van der Waals surface area contributed by atoms with E-state index in [4.69, 9.17) is 4.52 Å². The molecule has 1 unspecified atom stereocenters. The van der Waals surface area contributed by atoms with Crippen molar-refractivity contribution >= 4 is 28.2 Å². The highest BCUT2D eigenvalue weighted by Gasteiger charge is 2.19. The van der Waals surface area contributed by atoms with E-state index in [1.807, 2.05) is 20.8 Å². The second kappa shape index (κ2) is 7.22. The quantitative estimate of drug-likeness (QED) is 0.771. The molecule has 0 aliphatic heterocycles. The molecular formula is C13H21N5OS2. The summed E-state index contributed by atoms with van der Waals surface area (Å²) in [5.41, 5.74) is 0. The van der Waals surface area contributed by atoms with E-state index in [9.17, 15) is 0 Å². The Balaban J connectivity index is 1.94. The predicted octanol–water partition coefficient (Wildman–Crippen LogP) is 3.97. The Hall–Kier alpha value is -1.15. The van der Waals surface area contributed by atoms with Gasteiger partial charge in [0, 0.05) is 12.5 Å². The zero-order valence-electron chi connectivity index (χ0n) is 13.0. The minimum atomic E-state index is 0.0656. The fourth-order valence-electron chi connectivity index (χ4n) is 1.47. The monoisotopic (exact) mass is 327 g/mol. The molecule has 0 saturated carbocycles. The van der Waals surface area contributed by atoms with E-state index in [0.29, 0.717) is 11.8 Å². The molecule has 0 aliphatic rings. The number of hydrogen-bond acceptors (Lipinski definition) is 8. The van der Waals surface area contributed by atoms with Gasteiger partial charge in [0.1, 0.15) is 0 Å². The summed E-state index contributed by atoms with van der Waals surface area (Å²) < 4.78 is 6.21. The zero-order chi connectivity index (χ0) is 15.4. The summed E-state index contributed by atoms with van der Waals surface area (Å²) in [5, 5.41) is 16.5. The predicted molar refractivity (Wildman–Crippen MR) is 85.9 cm³/mol. The highest BCUT2D eigenvalue weighted by atomic mass is 32.2. The number of hydrogen-bond donors (Lipinski definition) is 1. The van der Waals surface area contributed by atoms with Gasteiger partial charge in [-0.2, -0.15) is 4.98 Å². The summed E-state index contributed by atoms with van der Waals surface area (Å²) in [6, 6.07) is 0. The summed E-state index contributed by atoms with van der Waals surface area (Å²) in [6.45, 7) is 11.3. The summed E-state index contributed by atoms with van der Waals surface area (Å²) in [7, 11) is 0. The van der Waals surface area contributed by atoms with Gasteiger partial charge >= 0.3 is 0 Å². The topological polar surface area (TPSA) is 76.7 Å². The molecule has 1 atom stereocenters. The molecule has 8 heteroatoms. The fraction of sp³-hybridized carbons (Fsp3) is 0.692. The maximum atomic E-state index is 5.30. The van der Waals surface area contributed by atoms with Gasteiger partial charge in [-0.15, -0.1) is 10.2 Å². The minimum Gasteiger partial charge on any atom is -0.360 e. The Morgan fingerprint density at radius 3 is 2.57 bits per heavy atom. The van der Waals surface area contributed by atoms with Gasteiger partial charge in [-0.3, -0.25) is 0 Å². The first-order valence-electron chi connectivity index (χ1n) is 7.03. The highest BCUT2D eigenvalue weighted by molar-refractivity contribution is 8.01. The molecule has 0 aliphatic carbocycles. The molecule has 21 heavy (non-hydrogen) atoms. The number of aromatic nitrogens is 4. The van der Waals surface area contributed by atoms with Crippen LogP contribution in [0.2, 0.25) is 0 Å². The van der Waals surface area contributed by atoms with E-state index in [-0.39, 0.29) is 11.2 Å². The molecule has 6 nitrogen and oxygen atoms in total. The summed E-state index contributed by atoms with van der Waals surface area (Å²) >= 11 is 3.14. The number of nitrogens with one attached hydrogen (secondary N) is 1. The van der Waals surface area contributed by atoms with Crippen molar-refractivity contribution in [2.75, 3.05) is 11.9 Å². The first-order chi connectivity index (χ1) is 9.95. The van der Waals surface area contributed by atoms with Crippen molar-refractivity contribution in [2.24, 2.45) is 5.92 Å². The van der Waals surface area contributed by atoms with Crippen LogP contribution in [0, 0.1) is 5.92 Å². The number of nitrogens with zero attached hydrogens (tertiary/aromatic N) is 4. The first kappa shape index (κ1) is 16.2. The molecule has 2 aromatic heterocycles. The molecule has 0 fully saturated rings. The second-order valence-corrected chi connectivity index (χ2v) is 8.12. The molecule has 0 aromatic carbocycles. The van der Waals surface area contributed by atoms with Crippen molar-refractivity contribution < 1.29 is 4.52 Å². The Morgan fingerprint density at radius 1 is 1.19 bits per heavy atom. The smallest absolute Gasteiger partial charge is 0.239 e. The first-order valence-corrected chi connectivity index (χ1v) is 8.72. The van der Waals surface area contributed by atoms with Crippen LogP contribution in [0.15, 0.2) is 8.86 Å². The lowest BCUT2D eigenvalue weighted by molar-refractivity contribution is 0.373. The van der Waals surface area contributed by atoms with Crippen LogP contribution in [0.1, 0.15) is 57.5 Å². The SMILES string of the molecule is CC(C)CNc1nnc(SC(C)c2nc(C(C)C)no2)s1. The van der Waals surface area contributed by atoms with Crippen molar-refractivity contribution in [2.45, 2.75) is 50.1 Å². The number of anilines is 1. The van der Waals surface area contributed by atoms with Gasteiger partial charge in [0.15, 0.2) is 10.2 Å². The Labute approximate surface area is 133 Å². The van der Waals surface area contributed by atoms with Crippen LogP contribution in [0.4, 0.5) is 5.13 Å². The van der Waals surface area contributed by atoms with Gasteiger partial charge in [-0.25, -0.2) is 0 Å². The largest absolute Gasteiger partial charge is 0.360 e. The third kappa shape index (κ3) is 4.67. The second-order valence-electron chi connectivity index (χ2n) is 5.55. The highest BCUT2D eigenvalue weighted by Crippen LogP contribution is 2.36. The van der Waals surface area contributed by atoms with E-state index in [2.05, 4.69) is 39.5 Å². The van der Waals surface area contributed by atoms with E-state index in [1.165, 1.54) is 0 Å².